The minimum Gasteiger partial charge on any atom is -0.122 e. The Morgan fingerprint density at radius 1 is 0.706 bits per heavy atom. The lowest BCUT2D eigenvalue weighted by Crippen LogP contribution is -2.45. The zero-order valence-electron chi connectivity index (χ0n) is 7.94. The second kappa shape index (κ2) is 4.40. The predicted molar refractivity (Wildman–Crippen MR) is 78.8 cm³/mol. The van der Waals surface area contributed by atoms with Crippen LogP contribution in [0.15, 0.2) is 21.2 Å². The fourth-order valence-electron chi connectivity index (χ4n) is 2.22. The summed E-state index contributed by atoms with van der Waals surface area (Å²) in [5.41, 5.74) is 1.04. The van der Waals surface area contributed by atoms with Crippen LogP contribution in [0.1, 0.15) is 0 Å². The second-order valence-corrected chi connectivity index (χ2v) is 7.50. The first-order valence-corrected chi connectivity index (χ1v) is 7.71. The fourth-order valence-corrected chi connectivity index (χ4v) is 5.88. The molecule has 2 rings (SSSR count). The first-order chi connectivity index (χ1) is 7.71. The highest BCUT2D eigenvalue weighted by Crippen LogP contribution is 2.74. The van der Waals surface area contributed by atoms with Crippen LogP contribution < -0.4 is 0 Å². The Morgan fingerprint density at radius 2 is 1.00 bits per heavy atom. The quantitative estimate of drug-likeness (QED) is 0.421. The molecule has 2 aliphatic rings. The third-order valence-corrected chi connectivity index (χ3v) is 7.82. The highest BCUT2D eigenvalue weighted by Gasteiger charge is 2.77. The molecular formula is C9H4Cl8. The standard InChI is InChI=1S/C9H4Cl8/c10-1-3-4(2-11)8(15)6(13)5(12)7(3,14)9(8,16)17/h1-2H2. The van der Waals surface area contributed by atoms with E-state index in [9.17, 15) is 0 Å². The van der Waals surface area contributed by atoms with Gasteiger partial charge in [-0.15, -0.1) is 46.4 Å². The van der Waals surface area contributed by atoms with E-state index in [1.807, 2.05) is 0 Å². The Morgan fingerprint density at radius 3 is 1.24 bits per heavy atom. The summed E-state index contributed by atoms with van der Waals surface area (Å²) in [5, 5.41) is 0.204. The minimum absolute atomic E-state index is 0.0710. The van der Waals surface area contributed by atoms with Crippen LogP contribution >= 0.6 is 92.8 Å². The van der Waals surface area contributed by atoms with Gasteiger partial charge in [0.25, 0.3) is 0 Å². The largest absolute Gasteiger partial charge is 0.173 e. The smallest absolute Gasteiger partial charge is 0.122 e. The molecule has 0 nitrogen and oxygen atoms in total. The van der Waals surface area contributed by atoms with Crippen LogP contribution in [0, 0.1) is 0 Å². The van der Waals surface area contributed by atoms with Crippen molar-refractivity contribution < 1.29 is 0 Å². The van der Waals surface area contributed by atoms with Crippen LogP contribution in [-0.2, 0) is 0 Å². The van der Waals surface area contributed by atoms with Crippen molar-refractivity contribution in [2.75, 3.05) is 11.8 Å². The Bertz CT molecular complexity index is 412. The summed E-state index contributed by atoms with van der Waals surface area (Å²) in [4.78, 5) is -2.83. The Kier molecular flexibility index (Phi) is 3.93. The summed E-state index contributed by atoms with van der Waals surface area (Å²) in [6.07, 6.45) is 0. The van der Waals surface area contributed by atoms with Crippen LogP contribution in [0.4, 0.5) is 0 Å². The molecule has 8 heteroatoms. The highest BCUT2D eigenvalue weighted by molar-refractivity contribution is 6.67. The molecule has 0 aromatic rings. The fraction of sp³-hybridized carbons (Fsp3) is 0.556. The van der Waals surface area contributed by atoms with Crippen LogP contribution in [-0.4, -0.2) is 25.8 Å². The summed E-state index contributed by atoms with van der Waals surface area (Å²) in [6, 6.07) is 0. The van der Waals surface area contributed by atoms with Crippen molar-refractivity contribution in [2.45, 2.75) is 14.1 Å². The molecule has 0 N–H and O–H groups in total. The van der Waals surface area contributed by atoms with Gasteiger partial charge in [-0.2, -0.15) is 0 Å². The average molecular weight is 396 g/mol. The molecule has 0 fully saturated rings. The van der Waals surface area contributed by atoms with Gasteiger partial charge in [0.2, 0.25) is 0 Å². The van der Waals surface area contributed by atoms with E-state index >= 15 is 0 Å². The normalized spacial score (nSPS) is 39.5. The van der Waals surface area contributed by atoms with E-state index in [1.165, 1.54) is 0 Å². The number of hydrogen-bond donors (Lipinski definition) is 0. The lowest BCUT2D eigenvalue weighted by molar-refractivity contribution is 0.693. The molecule has 0 aromatic heterocycles. The van der Waals surface area contributed by atoms with Crippen molar-refractivity contribution in [3.8, 4) is 0 Å². The molecule has 2 aliphatic carbocycles. The maximum absolute atomic E-state index is 6.44. The van der Waals surface area contributed by atoms with Gasteiger partial charge in [0, 0.05) is 11.8 Å². The van der Waals surface area contributed by atoms with Crippen molar-refractivity contribution in [3.63, 3.8) is 0 Å². The van der Waals surface area contributed by atoms with E-state index < -0.39 is 14.1 Å². The van der Waals surface area contributed by atoms with E-state index in [4.69, 9.17) is 92.8 Å². The van der Waals surface area contributed by atoms with Crippen LogP contribution in [0.5, 0.6) is 0 Å². The number of rotatable bonds is 2. The van der Waals surface area contributed by atoms with Gasteiger partial charge < -0.3 is 0 Å². The number of halogens is 8. The van der Waals surface area contributed by atoms with E-state index in [-0.39, 0.29) is 21.8 Å². The lowest BCUT2D eigenvalue weighted by atomic mass is 9.98. The predicted octanol–water partition coefficient (Wildman–Crippen LogP) is 5.61. The Hall–Kier alpha value is 1.80. The third-order valence-electron chi connectivity index (χ3n) is 3.13. The zero-order chi connectivity index (χ0) is 13.2. The number of allylic oxidation sites excluding steroid dienone is 4. The Labute approximate surface area is 139 Å². The molecule has 0 spiro atoms. The summed E-state index contributed by atoms with van der Waals surface area (Å²) >= 11 is 49.4. The van der Waals surface area contributed by atoms with Gasteiger partial charge in [0.15, 0.2) is 4.33 Å². The summed E-state index contributed by atoms with van der Waals surface area (Å²) in [6.45, 7) is 0. The summed E-state index contributed by atoms with van der Waals surface area (Å²) in [7, 11) is 0. The molecule has 0 aromatic carbocycles. The summed E-state index contributed by atoms with van der Waals surface area (Å²) < 4.78 is -1.62. The second-order valence-electron chi connectivity index (χ2n) is 3.74. The first kappa shape index (κ1) is 15.2. The van der Waals surface area contributed by atoms with Crippen LogP contribution in [0.2, 0.25) is 0 Å². The number of hydrogen-bond acceptors (Lipinski definition) is 0. The van der Waals surface area contributed by atoms with Crippen molar-refractivity contribution in [1.82, 2.24) is 0 Å². The highest BCUT2D eigenvalue weighted by atomic mass is 35.5. The van der Waals surface area contributed by atoms with E-state index in [1.54, 1.807) is 0 Å². The zero-order valence-corrected chi connectivity index (χ0v) is 14.0. The molecule has 0 saturated heterocycles. The monoisotopic (exact) mass is 392 g/mol. The van der Waals surface area contributed by atoms with E-state index in [0.717, 1.165) is 0 Å². The topological polar surface area (TPSA) is 0 Å². The molecule has 0 heterocycles. The molecular weight excluding hydrogens is 392 g/mol. The molecule has 2 bridgehead atoms. The van der Waals surface area contributed by atoms with Gasteiger partial charge in [-0.1, -0.05) is 46.4 Å². The third kappa shape index (κ3) is 1.43. The van der Waals surface area contributed by atoms with Crippen molar-refractivity contribution in [1.29, 1.82) is 0 Å². The van der Waals surface area contributed by atoms with Crippen molar-refractivity contribution in [3.05, 3.63) is 21.2 Å². The van der Waals surface area contributed by atoms with Gasteiger partial charge in [-0.05, 0) is 11.1 Å². The number of fused-ring (bicyclic) bond motifs is 2. The molecule has 17 heavy (non-hydrogen) atoms. The van der Waals surface area contributed by atoms with Gasteiger partial charge in [0.1, 0.15) is 9.75 Å². The van der Waals surface area contributed by atoms with Crippen molar-refractivity contribution in [2.24, 2.45) is 0 Å². The maximum Gasteiger partial charge on any atom is 0.173 e. The first-order valence-electron chi connectivity index (χ1n) is 4.38. The molecule has 0 aliphatic heterocycles. The van der Waals surface area contributed by atoms with Gasteiger partial charge >= 0.3 is 0 Å². The van der Waals surface area contributed by atoms with Crippen LogP contribution in [0.25, 0.3) is 0 Å². The number of alkyl halides is 6. The molecule has 2 unspecified atom stereocenters. The van der Waals surface area contributed by atoms with E-state index in [0.29, 0.717) is 11.1 Å². The van der Waals surface area contributed by atoms with Crippen molar-refractivity contribution >= 4 is 92.8 Å². The average Bonchev–Trinajstić information content (AvgIpc) is 2.48. The lowest BCUT2D eigenvalue weighted by Gasteiger charge is -2.33. The summed E-state index contributed by atoms with van der Waals surface area (Å²) in [5.74, 6) is 0.142. The SMILES string of the molecule is ClCC1=C(CCl)C2(Cl)C(Cl)=C(Cl)C1(Cl)C2(Cl)Cl. The van der Waals surface area contributed by atoms with E-state index in [2.05, 4.69) is 0 Å². The van der Waals surface area contributed by atoms with Gasteiger partial charge in [-0.25, -0.2) is 0 Å². The molecule has 0 amide bonds. The minimum atomic E-state index is -1.62. The van der Waals surface area contributed by atoms with Gasteiger partial charge in [0.05, 0.1) is 10.1 Å². The molecule has 0 radical (unpaired) electrons. The molecule has 2 atom stereocenters. The van der Waals surface area contributed by atoms with Crippen LogP contribution in [0.3, 0.4) is 0 Å². The van der Waals surface area contributed by atoms with Gasteiger partial charge in [-0.3, -0.25) is 0 Å². The maximum atomic E-state index is 6.44. The molecule has 0 saturated carbocycles. The molecule has 96 valence electrons. The Balaban J connectivity index is 2.81.